The number of pyridine rings is 1. The molecule has 0 fully saturated rings. The van der Waals surface area contributed by atoms with Crippen molar-refractivity contribution in [1.82, 2.24) is 14.6 Å². The molecule has 0 aliphatic rings. The Bertz CT molecular complexity index is 1450. The van der Waals surface area contributed by atoms with Gasteiger partial charge in [0.1, 0.15) is 17.4 Å². The second kappa shape index (κ2) is 12.4. The molecule has 0 saturated heterocycles. The first-order chi connectivity index (χ1) is 17.2. The zero-order valence-corrected chi connectivity index (χ0v) is 21.8. The van der Waals surface area contributed by atoms with Crippen molar-refractivity contribution < 1.29 is 29.9 Å². The molecule has 0 atom stereocenters. The first-order valence-electron chi connectivity index (χ1n) is 11.2. The number of halogens is 2. The third-order valence-corrected chi connectivity index (χ3v) is 6.22. The van der Waals surface area contributed by atoms with Crippen LogP contribution in [0.3, 0.4) is 0 Å². The second-order valence-corrected chi connectivity index (χ2v) is 9.26. The molecule has 2 aromatic carbocycles. The Hall–Kier alpha value is -3.57. The predicted octanol–water partition coefficient (Wildman–Crippen LogP) is 5.97. The Morgan fingerprint density at radius 2 is 1.69 bits per heavy atom. The molecule has 0 bridgehead atoms. The van der Waals surface area contributed by atoms with Gasteiger partial charge in [-0.25, -0.2) is 17.2 Å². The summed E-state index contributed by atoms with van der Waals surface area (Å²) < 4.78 is 61.7. The zero-order chi connectivity index (χ0) is 27.0. The molecule has 36 heavy (non-hydrogen) atoms. The first-order valence-corrected chi connectivity index (χ1v) is 12.9. The number of hydrogen-bond donors (Lipinski definition) is 2. The van der Waals surface area contributed by atoms with Crippen LogP contribution in [-0.4, -0.2) is 41.0 Å². The van der Waals surface area contributed by atoms with Crippen molar-refractivity contribution in [3.05, 3.63) is 71.7 Å². The maximum atomic E-state index is 14.2. The third-order valence-electron chi connectivity index (χ3n) is 4.92. The van der Waals surface area contributed by atoms with Crippen LogP contribution in [0.4, 0.5) is 14.5 Å². The van der Waals surface area contributed by atoms with Gasteiger partial charge in [0, 0.05) is 39.0 Å². The van der Waals surface area contributed by atoms with Crippen LogP contribution in [0.1, 0.15) is 35.0 Å². The van der Waals surface area contributed by atoms with Crippen LogP contribution in [0, 0.1) is 25.5 Å². The molecule has 11 heteroatoms. The number of rotatable bonds is 6. The van der Waals surface area contributed by atoms with Crippen LogP contribution in [0.25, 0.3) is 16.8 Å². The fraction of sp³-hybridized carbons (Fsp3) is 0.280. The van der Waals surface area contributed by atoms with E-state index in [1.165, 1.54) is 25.1 Å². The number of aliphatic hydroxyl groups is 1. The van der Waals surface area contributed by atoms with E-state index in [-0.39, 0.29) is 20.1 Å². The quantitative estimate of drug-likeness (QED) is 0.322. The van der Waals surface area contributed by atoms with Crippen molar-refractivity contribution in [3.8, 4) is 22.6 Å². The monoisotopic (exact) mass is 524 g/mol. The number of aryl methyl sites for hydroxylation is 2. The van der Waals surface area contributed by atoms with Gasteiger partial charge in [0.15, 0.2) is 17.2 Å². The average Bonchev–Trinajstić information content (AvgIpc) is 3.25. The largest absolute Gasteiger partial charge is 0.454 e. The number of aliphatic hydroxyl groups excluding tert-OH is 1. The van der Waals surface area contributed by atoms with Gasteiger partial charge in [0.05, 0.1) is 5.75 Å². The predicted molar refractivity (Wildman–Crippen MR) is 141 cm³/mol. The molecule has 4 rings (SSSR count). The van der Waals surface area contributed by atoms with E-state index in [0.717, 1.165) is 24.8 Å². The number of benzene rings is 2. The van der Waals surface area contributed by atoms with E-state index in [2.05, 4.69) is 14.9 Å². The summed E-state index contributed by atoms with van der Waals surface area (Å²) in [6.45, 7) is 9.21. The topological polar surface area (TPSA) is 106 Å². The molecule has 0 aliphatic heterocycles. The summed E-state index contributed by atoms with van der Waals surface area (Å²) in [6.07, 6.45) is 1.79. The fourth-order valence-electron chi connectivity index (χ4n) is 3.25. The molecule has 2 heterocycles. The first kappa shape index (κ1) is 28.7. The minimum atomic E-state index is -3.51. The fourth-order valence-corrected chi connectivity index (χ4v) is 3.88. The Labute approximate surface area is 212 Å². The lowest BCUT2D eigenvalue weighted by Gasteiger charge is -2.15. The van der Waals surface area contributed by atoms with Gasteiger partial charge in [-0.15, -0.1) is 10.2 Å². The van der Waals surface area contributed by atoms with Crippen molar-refractivity contribution >= 4 is 21.4 Å². The van der Waals surface area contributed by atoms with Crippen LogP contribution >= 0.6 is 0 Å². The number of ether oxygens (including phenoxy) is 1. The summed E-state index contributed by atoms with van der Waals surface area (Å²) in [7, 11) is -2.51. The molecule has 2 aromatic heterocycles. The Kier molecular flexibility index (Phi) is 9.88. The summed E-state index contributed by atoms with van der Waals surface area (Å²) in [4.78, 5) is 0. The molecule has 0 radical (unpaired) electrons. The van der Waals surface area contributed by atoms with Crippen LogP contribution in [0.2, 0.25) is 0 Å². The molecule has 2 N–H and O–H groups in total. The smallest absolute Gasteiger partial charge is 0.232 e. The normalized spacial score (nSPS) is 10.7. The molecule has 198 valence electrons. The van der Waals surface area contributed by atoms with E-state index >= 15 is 0 Å². The SMILES string of the molecule is CC.CCS(=O)(=O)Nc1ccc(Oc2ccc(F)cc2F)c(-c2cc(C)c3nnc(C)n3c2)c1.CO.[HH].[HH]. The number of sulfonamides is 1. The summed E-state index contributed by atoms with van der Waals surface area (Å²) in [5.74, 6) is -0.893. The molecule has 0 spiro atoms. The zero-order valence-electron chi connectivity index (χ0n) is 21.0. The lowest BCUT2D eigenvalue weighted by molar-refractivity contribution is 0.399. The Morgan fingerprint density at radius 3 is 2.33 bits per heavy atom. The molecule has 0 aliphatic carbocycles. The Balaban J connectivity index is 0.00000218. The van der Waals surface area contributed by atoms with E-state index in [9.17, 15) is 17.2 Å². The molecular formula is C25H34F2N4O4S. The van der Waals surface area contributed by atoms with E-state index < -0.39 is 21.7 Å². The van der Waals surface area contributed by atoms with Crippen LogP contribution in [-0.2, 0) is 10.0 Å². The van der Waals surface area contributed by atoms with Crippen molar-refractivity contribution in [2.75, 3.05) is 17.6 Å². The number of nitrogens with one attached hydrogen (secondary N) is 1. The third kappa shape index (κ3) is 6.55. The summed E-state index contributed by atoms with van der Waals surface area (Å²) in [6, 6.07) is 9.52. The molecule has 8 nitrogen and oxygen atoms in total. The van der Waals surface area contributed by atoms with Crippen LogP contribution in [0.5, 0.6) is 11.5 Å². The van der Waals surface area contributed by atoms with Crippen molar-refractivity contribution in [3.63, 3.8) is 0 Å². The van der Waals surface area contributed by atoms with Crippen molar-refractivity contribution in [2.24, 2.45) is 0 Å². The van der Waals surface area contributed by atoms with Gasteiger partial charge >= 0.3 is 0 Å². The number of hydrogen-bond acceptors (Lipinski definition) is 6. The van der Waals surface area contributed by atoms with Gasteiger partial charge in [-0.05, 0) is 62.7 Å². The highest BCUT2D eigenvalue weighted by molar-refractivity contribution is 7.92. The van der Waals surface area contributed by atoms with Gasteiger partial charge < -0.3 is 9.84 Å². The summed E-state index contributed by atoms with van der Waals surface area (Å²) in [5.41, 5.74) is 3.02. The maximum Gasteiger partial charge on any atom is 0.232 e. The number of fused-ring (bicyclic) bond motifs is 1. The van der Waals surface area contributed by atoms with E-state index in [4.69, 9.17) is 9.84 Å². The number of anilines is 1. The van der Waals surface area contributed by atoms with Gasteiger partial charge in [0.25, 0.3) is 0 Å². The molecule has 0 amide bonds. The second-order valence-electron chi connectivity index (χ2n) is 7.25. The lowest BCUT2D eigenvalue weighted by atomic mass is 10.0. The van der Waals surface area contributed by atoms with Gasteiger partial charge in [-0.1, -0.05) is 13.8 Å². The minimum Gasteiger partial charge on any atom is -0.454 e. The highest BCUT2D eigenvalue weighted by Crippen LogP contribution is 2.37. The minimum absolute atomic E-state index is 0. The highest BCUT2D eigenvalue weighted by atomic mass is 32.2. The Morgan fingerprint density at radius 1 is 1.03 bits per heavy atom. The highest BCUT2D eigenvalue weighted by Gasteiger charge is 2.16. The average molecular weight is 525 g/mol. The van der Waals surface area contributed by atoms with E-state index in [0.29, 0.717) is 28.3 Å². The molecule has 0 saturated carbocycles. The molecule has 0 unspecified atom stereocenters. The van der Waals surface area contributed by atoms with Crippen molar-refractivity contribution in [1.29, 1.82) is 0 Å². The van der Waals surface area contributed by atoms with E-state index in [1.807, 2.05) is 26.8 Å². The van der Waals surface area contributed by atoms with Crippen molar-refractivity contribution in [2.45, 2.75) is 34.6 Å². The van der Waals surface area contributed by atoms with Gasteiger partial charge in [0.2, 0.25) is 10.0 Å². The molecular weight excluding hydrogens is 490 g/mol. The van der Waals surface area contributed by atoms with Crippen LogP contribution < -0.4 is 9.46 Å². The number of aromatic nitrogens is 3. The number of nitrogens with zero attached hydrogens (tertiary/aromatic N) is 3. The maximum absolute atomic E-state index is 14.2. The summed E-state index contributed by atoms with van der Waals surface area (Å²) in [5, 5.41) is 15.2. The standard InChI is InChI=1S/C22H20F2N4O3S.C2H6.CH4O.2H2/c1-4-32(29,30)27-17-6-8-20(31-21-7-5-16(23)10-19(21)24)18(11-17)15-9-13(2)22-26-25-14(3)28(22)12-15;2*1-2;;/h5-12,27H,4H2,1-3H3;1-2H3;2H,1H3;2*1H. The van der Waals surface area contributed by atoms with Gasteiger partial charge in [-0.2, -0.15) is 0 Å². The lowest BCUT2D eigenvalue weighted by Crippen LogP contribution is -2.14. The summed E-state index contributed by atoms with van der Waals surface area (Å²) >= 11 is 0. The van der Waals surface area contributed by atoms with E-state index in [1.54, 1.807) is 23.6 Å². The van der Waals surface area contributed by atoms with Gasteiger partial charge in [-0.3, -0.25) is 9.12 Å². The molecule has 4 aromatic rings. The van der Waals surface area contributed by atoms with Crippen LogP contribution in [0.15, 0.2) is 48.7 Å².